The van der Waals surface area contributed by atoms with E-state index >= 15 is 4.39 Å². The number of aliphatic hydroxyl groups is 2. The largest absolute Gasteiger partial charge is 0.384 e. The maximum Gasteiger partial charge on any atom is 0.192 e. The Bertz CT molecular complexity index is 1510. The third-order valence-electron chi connectivity index (χ3n) is 6.93. The van der Waals surface area contributed by atoms with E-state index in [-0.39, 0.29) is 23.6 Å². The number of aryl methyl sites for hydroxylation is 2. The molecule has 3 aromatic heterocycles. The van der Waals surface area contributed by atoms with E-state index in [9.17, 15) is 14.6 Å². The summed E-state index contributed by atoms with van der Waals surface area (Å²) in [5, 5.41) is 25.9. The monoisotopic (exact) mass is 535 g/mol. The summed E-state index contributed by atoms with van der Waals surface area (Å²) in [7, 11) is 0. The van der Waals surface area contributed by atoms with Crippen molar-refractivity contribution in [3.63, 3.8) is 0 Å². The Morgan fingerprint density at radius 3 is 2.33 bits per heavy atom. The van der Waals surface area contributed by atoms with Crippen LogP contribution in [-0.4, -0.2) is 30.0 Å². The van der Waals surface area contributed by atoms with Gasteiger partial charge in [0.1, 0.15) is 22.7 Å². The van der Waals surface area contributed by atoms with Crippen LogP contribution in [0.4, 0.5) is 14.5 Å². The predicted octanol–water partition coefficient (Wildman–Crippen LogP) is 6.03. The molecule has 3 aromatic rings. The minimum atomic E-state index is -1.57. The van der Waals surface area contributed by atoms with E-state index < -0.39 is 22.8 Å². The molecule has 4 heterocycles. The molecular formula is C30H35F2N5O2. The quantitative estimate of drug-likeness (QED) is 0.384. The number of hydrogen-bond donors (Lipinski definition) is 2. The highest BCUT2D eigenvalue weighted by molar-refractivity contribution is 5.70. The van der Waals surface area contributed by atoms with Gasteiger partial charge in [-0.05, 0) is 88.4 Å². The highest BCUT2D eigenvalue weighted by Crippen LogP contribution is 2.42. The summed E-state index contributed by atoms with van der Waals surface area (Å²) in [6.07, 6.45) is 7.18. The van der Waals surface area contributed by atoms with Gasteiger partial charge in [-0.15, -0.1) is 0 Å². The lowest BCUT2D eigenvalue weighted by Crippen LogP contribution is -2.30. The minimum Gasteiger partial charge on any atom is -0.384 e. The van der Waals surface area contributed by atoms with E-state index in [1.54, 1.807) is 51.1 Å². The zero-order valence-corrected chi connectivity index (χ0v) is 23.5. The van der Waals surface area contributed by atoms with E-state index in [0.29, 0.717) is 34.6 Å². The number of halogens is 2. The van der Waals surface area contributed by atoms with E-state index in [0.717, 1.165) is 11.1 Å². The van der Waals surface area contributed by atoms with Gasteiger partial charge in [-0.25, -0.2) is 18.4 Å². The van der Waals surface area contributed by atoms with Crippen LogP contribution in [0.2, 0.25) is 0 Å². The topological polar surface area (TPSA) is 87.3 Å². The Balaban J connectivity index is 1.75. The maximum absolute atomic E-state index is 16.2. The van der Waals surface area contributed by atoms with Crippen LogP contribution in [0.3, 0.4) is 0 Å². The average Bonchev–Trinajstić information content (AvgIpc) is 3.31. The van der Waals surface area contributed by atoms with Crippen molar-refractivity contribution < 1.29 is 19.0 Å². The first kappa shape index (κ1) is 28.3. The third-order valence-corrected chi connectivity index (χ3v) is 6.93. The maximum atomic E-state index is 16.2. The molecule has 2 N–H and O–H groups in total. The van der Waals surface area contributed by atoms with Crippen molar-refractivity contribution in [2.45, 2.75) is 72.5 Å². The van der Waals surface area contributed by atoms with Gasteiger partial charge in [-0.1, -0.05) is 13.5 Å². The fourth-order valence-corrected chi connectivity index (χ4v) is 4.98. The van der Waals surface area contributed by atoms with Gasteiger partial charge in [-0.2, -0.15) is 5.10 Å². The molecule has 39 heavy (non-hydrogen) atoms. The van der Waals surface area contributed by atoms with E-state index in [4.69, 9.17) is 0 Å². The summed E-state index contributed by atoms with van der Waals surface area (Å²) < 4.78 is 32.2. The number of rotatable bonds is 7. The summed E-state index contributed by atoms with van der Waals surface area (Å²) in [6, 6.07) is 2.97. The molecule has 1 atom stereocenters. The average molecular weight is 536 g/mol. The molecule has 0 radical (unpaired) electrons. The first-order chi connectivity index (χ1) is 18.2. The first-order valence-electron chi connectivity index (χ1n) is 12.8. The lowest BCUT2D eigenvalue weighted by Gasteiger charge is -2.36. The molecular weight excluding hydrogens is 500 g/mol. The highest BCUT2D eigenvalue weighted by atomic mass is 19.1. The highest BCUT2D eigenvalue weighted by Gasteiger charge is 2.34. The van der Waals surface area contributed by atoms with Gasteiger partial charge in [0.05, 0.1) is 11.4 Å². The van der Waals surface area contributed by atoms with Gasteiger partial charge in [0.2, 0.25) is 0 Å². The molecule has 0 aromatic carbocycles. The third kappa shape index (κ3) is 5.29. The van der Waals surface area contributed by atoms with E-state index in [1.165, 1.54) is 23.9 Å². The fourth-order valence-electron chi connectivity index (χ4n) is 4.98. The van der Waals surface area contributed by atoms with Crippen molar-refractivity contribution in [3.05, 3.63) is 100 Å². The Hall–Kier alpha value is -3.69. The zero-order chi connectivity index (χ0) is 28.9. The summed E-state index contributed by atoms with van der Waals surface area (Å²) in [5.41, 5.74) is 1.96. The van der Waals surface area contributed by atoms with Crippen LogP contribution in [0.15, 0.2) is 65.9 Å². The molecule has 1 aliphatic heterocycles. The van der Waals surface area contributed by atoms with Crippen molar-refractivity contribution >= 4 is 5.69 Å². The number of aromatic nitrogens is 4. The molecule has 0 saturated carbocycles. The molecule has 7 nitrogen and oxygen atoms in total. The second-order valence-electron chi connectivity index (χ2n) is 10.9. The SMILES string of the molecule is C=C1C(CC)=C(CC(C)(O)c2ncc(C)cc2F)C=C(C)N1c1c(C)cnc(-n2ccc(C(C)(C)O)n2)c1F. The second-order valence-corrected chi connectivity index (χ2v) is 10.9. The molecule has 0 bridgehead atoms. The summed E-state index contributed by atoms with van der Waals surface area (Å²) in [4.78, 5) is 10.2. The lowest BCUT2D eigenvalue weighted by atomic mass is 9.85. The van der Waals surface area contributed by atoms with E-state index in [2.05, 4.69) is 21.6 Å². The van der Waals surface area contributed by atoms with Gasteiger partial charge in [-0.3, -0.25) is 4.98 Å². The molecule has 0 spiro atoms. The normalized spacial score (nSPS) is 16.0. The molecule has 1 unspecified atom stereocenters. The van der Waals surface area contributed by atoms with Crippen LogP contribution in [0, 0.1) is 25.5 Å². The van der Waals surface area contributed by atoms with Crippen molar-refractivity contribution in [1.82, 2.24) is 19.7 Å². The van der Waals surface area contributed by atoms with Crippen LogP contribution in [0.5, 0.6) is 0 Å². The van der Waals surface area contributed by atoms with Gasteiger partial charge in [0, 0.05) is 36.4 Å². The van der Waals surface area contributed by atoms with Crippen LogP contribution < -0.4 is 4.90 Å². The molecule has 206 valence electrons. The molecule has 0 amide bonds. The van der Waals surface area contributed by atoms with E-state index in [1.807, 2.05) is 19.9 Å². The Morgan fingerprint density at radius 2 is 1.74 bits per heavy atom. The Kier molecular flexibility index (Phi) is 7.35. The number of pyridine rings is 2. The number of hydrogen-bond acceptors (Lipinski definition) is 6. The Morgan fingerprint density at radius 1 is 1.05 bits per heavy atom. The number of allylic oxidation sites excluding steroid dienone is 3. The molecule has 9 heteroatoms. The van der Waals surface area contributed by atoms with Crippen LogP contribution in [-0.2, 0) is 11.2 Å². The van der Waals surface area contributed by atoms with Gasteiger partial charge < -0.3 is 15.1 Å². The van der Waals surface area contributed by atoms with Crippen molar-refractivity contribution in [3.8, 4) is 5.82 Å². The molecule has 4 rings (SSSR count). The summed E-state index contributed by atoms with van der Waals surface area (Å²) >= 11 is 0. The first-order valence-corrected chi connectivity index (χ1v) is 12.8. The zero-order valence-electron chi connectivity index (χ0n) is 23.5. The Labute approximate surface area is 227 Å². The van der Waals surface area contributed by atoms with Gasteiger partial charge in [0.25, 0.3) is 0 Å². The smallest absolute Gasteiger partial charge is 0.192 e. The molecule has 0 fully saturated rings. The van der Waals surface area contributed by atoms with Crippen LogP contribution in [0.25, 0.3) is 5.82 Å². The minimum absolute atomic E-state index is 0.0108. The summed E-state index contributed by atoms with van der Waals surface area (Å²) in [6.45, 7) is 16.3. The fraction of sp³-hybridized carbons (Fsp3) is 0.367. The molecule has 0 saturated heterocycles. The van der Waals surface area contributed by atoms with Crippen LogP contribution >= 0.6 is 0 Å². The lowest BCUT2D eigenvalue weighted by molar-refractivity contribution is 0.0494. The van der Waals surface area contributed by atoms with Gasteiger partial charge >= 0.3 is 0 Å². The van der Waals surface area contributed by atoms with Crippen molar-refractivity contribution in [2.24, 2.45) is 0 Å². The number of nitrogens with zero attached hydrogens (tertiary/aromatic N) is 5. The molecule has 1 aliphatic rings. The van der Waals surface area contributed by atoms with Crippen molar-refractivity contribution in [2.75, 3.05) is 4.90 Å². The van der Waals surface area contributed by atoms with Crippen molar-refractivity contribution in [1.29, 1.82) is 0 Å². The summed E-state index contributed by atoms with van der Waals surface area (Å²) in [5.74, 6) is -1.17. The predicted molar refractivity (Wildman–Crippen MR) is 147 cm³/mol. The van der Waals surface area contributed by atoms with Gasteiger partial charge in [0.15, 0.2) is 11.6 Å². The molecule has 0 aliphatic carbocycles. The number of anilines is 1. The second kappa shape index (κ2) is 10.1. The standard InChI is InChI=1S/C30H35F2N5O2/c1-9-22-20(5)37(19(4)13-21(22)14-30(8,39)27-23(31)12-17(2)15-33-27)26-18(3)16-34-28(25(26)32)36-11-10-24(35-36)29(6,7)38/h10-13,15-16,38-39H,5,9,14H2,1-4,6-8H3. The van der Waals surface area contributed by atoms with Crippen LogP contribution in [0.1, 0.15) is 70.0 Å².